The van der Waals surface area contributed by atoms with Crippen LogP contribution in [-0.4, -0.2) is 17.0 Å². The van der Waals surface area contributed by atoms with Gasteiger partial charge in [-0.15, -0.1) is 0 Å². The second kappa shape index (κ2) is 6.19. The van der Waals surface area contributed by atoms with Crippen molar-refractivity contribution in [2.75, 3.05) is 5.32 Å². The van der Waals surface area contributed by atoms with Gasteiger partial charge in [0.15, 0.2) is 0 Å². The number of hydrogen-bond acceptors (Lipinski definition) is 2. The molecular weight excluding hydrogens is 230 g/mol. The number of nitrogens with one attached hydrogen (secondary N) is 1. The molecule has 0 aromatic heterocycles. The summed E-state index contributed by atoms with van der Waals surface area (Å²) in [5.41, 5.74) is 1.20. The van der Waals surface area contributed by atoms with E-state index < -0.39 is 5.97 Å². The number of para-hydroxylation sites is 1. The van der Waals surface area contributed by atoms with Gasteiger partial charge in [0.1, 0.15) is 0 Å². The summed E-state index contributed by atoms with van der Waals surface area (Å²) in [4.78, 5) is 22.7. The van der Waals surface area contributed by atoms with Gasteiger partial charge in [-0.3, -0.25) is 9.59 Å². The first-order valence-corrected chi connectivity index (χ1v) is 6.02. The molecule has 0 saturated carbocycles. The lowest BCUT2D eigenvalue weighted by Crippen LogP contribution is -2.25. The Morgan fingerprint density at radius 2 is 1.83 bits per heavy atom. The molecule has 4 heteroatoms. The molecule has 0 spiro atoms. The Labute approximate surface area is 107 Å². The number of carboxylic acid groups (broad SMARTS) is 1. The first kappa shape index (κ1) is 14.2. The smallest absolute Gasteiger partial charge is 0.307 e. The Balaban J connectivity index is 2.84. The molecule has 0 fully saturated rings. The van der Waals surface area contributed by atoms with Gasteiger partial charge in [0, 0.05) is 11.6 Å². The van der Waals surface area contributed by atoms with Crippen molar-refractivity contribution in [3.63, 3.8) is 0 Å². The van der Waals surface area contributed by atoms with Gasteiger partial charge in [0.05, 0.1) is 6.42 Å². The molecule has 0 aliphatic carbocycles. The van der Waals surface area contributed by atoms with Gasteiger partial charge in [-0.05, 0) is 17.5 Å². The topological polar surface area (TPSA) is 66.4 Å². The van der Waals surface area contributed by atoms with E-state index in [4.69, 9.17) is 5.11 Å². The number of carboxylic acids is 1. The predicted molar refractivity (Wildman–Crippen MR) is 70.4 cm³/mol. The van der Waals surface area contributed by atoms with Gasteiger partial charge < -0.3 is 10.4 Å². The number of rotatable bonds is 5. The van der Waals surface area contributed by atoms with Gasteiger partial charge >= 0.3 is 5.97 Å². The van der Waals surface area contributed by atoms with Gasteiger partial charge in [-0.1, -0.05) is 39.0 Å². The summed E-state index contributed by atoms with van der Waals surface area (Å²) in [6, 6.07) is 6.98. The number of hydrogen-bond donors (Lipinski definition) is 2. The minimum Gasteiger partial charge on any atom is -0.481 e. The number of anilines is 1. The maximum atomic E-state index is 11.9. The zero-order valence-electron chi connectivity index (χ0n) is 10.9. The number of carbonyl (C=O) groups is 2. The van der Waals surface area contributed by atoms with Crippen LogP contribution in [0.2, 0.25) is 0 Å². The molecule has 1 unspecified atom stereocenters. The van der Waals surface area contributed by atoms with Crippen LogP contribution < -0.4 is 5.32 Å². The van der Waals surface area contributed by atoms with Crippen LogP contribution in [0.15, 0.2) is 24.3 Å². The summed E-state index contributed by atoms with van der Waals surface area (Å²) in [6.07, 6.45) is -0.0908. The van der Waals surface area contributed by atoms with Crippen molar-refractivity contribution in [2.24, 2.45) is 11.8 Å². The molecule has 0 saturated heterocycles. The summed E-state index contributed by atoms with van der Waals surface area (Å²) in [5, 5.41) is 11.6. The molecule has 0 aliphatic heterocycles. The molecule has 1 amide bonds. The SMILES string of the molecule is CC(C)C(C)C(=O)Nc1ccccc1CC(=O)O. The summed E-state index contributed by atoms with van der Waals surface area (Å²) in [5.74, 6) is -0.851. The lowest BCUT2D eigenvalue weighted by molar-refractivity contribution is -0.136. The largest absolute Gasteiger partial charge is 0.481 e. The highest BCUT2D eigenvalue weighted by molar-refractivity contribution is 5.93. The van der Waals surface area contributed by atoms with E-state index in [0.717, 1.165) is 0 Å². The average Bonchev–Trinajstić information content (AvgIpc) is 2.29. The van der Waals surface area contributed by atoms with Crippen LogP contribution in [0.3, 0.4) is 0 Å². The molecule has 4 nitrogen and oxygen atoms in total. The van der Waals surface area contributed by atoms with E-state index in [-0.39, 0.29) is 24.2 Å². The Morgan fingerprint density at radius 3 is 2.39 bits per heavy atom. The molecule has 2 N–H and O–H groups in total. The zero-order valence-corrected chi connectivity index (χ0v) is 10.9. The van der Waals surface area contributed by atoms with Crippen LogP contribution in [0.5, 0.6) is 0 Å². The van der Waals surface area contributed by atoms with Crippen molar-refractivity contribution in [1.82, 2.24) is 0 Å². The highest BCUT2D eigenvalue weighted by atomic mass is 16.4. The Morgan fingerprint density at radius 1 is 1.22 bits per heavy atom. The van der Waals surface area contributed by atoms with Gasteiger partial charge in [-0.25, -0.2) is 0 Å². The first-order chi connectivity index (χ1) is 8.41. The quantitative estimate of drug-likeness (QED) is 0.842. The van der Waals surface area contributed by atoms with E-state index in [1.165, 1.54) is 0 Å². The highest BCUT2D eigenvalue weighted by Gasteiger charge is 2.17. The number of carbonyl (C=O) groups excluding carboxylic acids is 1. The van der Waals surface area contributed by atoms with Crippen molar-refractivity contribution < 1.29 is 14.7 Å². The molecule has 0 aliphatic rings. The van der Waals surface area contributed by atoms with Crippen LogP contribution in [0.4, 0.5) is 5.69 Å². The molecule has 1 aromatic rings. The first-order valence-electron chi connectivity index (χ1n) is 6.02. The zero-order chi connectivity index (χ0) is 13.7. The summed E-state index contributed by atoms with van der Waals surface area (Å²) < 4.78 is 0. The Kier molecular flexibility index (Phi) is 4.89. The molecule has 1 atom stereocenters. The maximum Gasteiger partial charge on any atom is 0.307 e. The van der Waals surface area contributed by atoms with Crippen molar-refractivity contribution >= 4 is 17.6 Å². The van der Waals surface area contributed by atoms with Crippen LogP contribution in [-0.2, 0) is 16.0 Å². The van der Waals surface area contributed by atoms with Crippen LogP contribution in [0.25, 0.3) is 0 Å². The van der Waals surface area contributed by atoms with Crippen molar-refractivity contribution in [2.45, 2.75) is 27.2 Å². The number of benzene rings is 1. The fraction of sp³-hybridized carbons (Fsp3) is 0.429. The predicted octanol–water partition coefficient (Wildman–Crippen LogP) is 2.54. The van der Waals surface area contributed by atoms with E-state index in [0.29, 0.717) is 11.3 Å². The van der Waals surface area contributed by atoms with Crippen molar-refractivity contribution in [3.8, 4) is 0 Å². The average molecular weight is 249 g/mol. The third-order valence-electron chi connectivity index (χ3n) is 3.03. The molecule has 18 heavy (non-hydrogen) atoms. The maximum absolute atomic E-state index is 11.9. The van der Waals surface area contributed by atoms with E-state index in [1.807, 2.05) is 20.8 Å². The van der Waals surface area contributed by atoms with Crippen molar-refractivity contribution in [1.29, 1.82) is 0 Å². The number of aliphatic carboxylic acids is 1. The molecule has 0 bridgehead atoms. The summed E-state index contributed by atoms with van der Waals surface area (Å²) in [6.45, 7) is 5.82. The fourth-order valence-electron chi connectivity index (χ4n) is 1.51. The standard InChI is InChI=1S/C14H19NO3/c1-9(2)10(3)14(18)15-12-7-5-4-6-11(12)8-13(16)17/h4-7,9-10H,8H2,1-3H3,(H,15,18)(H,16,17). The van der Waals surface area contributed by atoms with Gasteiger partial charge in [0.2, 0.25) is 5.91 Å². The van der Waals surface area contributed by atoms with Crippen LogP contribution in [0, 0.1) is 11.8 Å². The van der Waals surface area contributed by atoms with Crippen LogP contribution >= 0.6 is 0 Å². The van der Waals surface area contributed by atoms with Gasteiger partial charge in [-0.2, -0.15) is 0 Å². The Bertz CT molecular complexity index is 440. The fourth-order valence-corrected chi connectivity index (χ4v) is 1.51. The highest BCUT2D eigenvalue weighted by Crippen LogP contribution is 2.18. The minimum atomic E-state index is -0.909. The second-order valence-electron chi connectivity index (χ2n) is 4.75. The van der Waals surface area contributed by atoms with E-state index in [2.05, 4.69) is 5.32 Å². The van der Waals surface area contributed by atoms with E-state index in [1.54, 1.807) is 24.3 Å². The molecule has 0 radical (unpaired) electrons. The number of amides is 1. The minimum absolute atomic E-state index is 0.0807. The molecule has 0 heterocycles. The van der Waals surface area contributed by atoms with Crippen molar-refractivity contribution in [3.05, 3.63) is 29.8 Å². The summed E-state index contributed by atoms with van der Waals surface area (Å²) in [7, 11) is 0. The van der Waals surface area contributed by atoms with E-state index >= 15 is 0 Å². The third-order valence-corrected chi connectivity index (χ3v) is 3.03. The normalized spacial score (nSPS) is 12.2. The molecular formula is C14H19NO3. The van der Waals surface area contributed by atoms with E-state index in [9.17, 15) is 9.59 Å². The lowest BCUT2D eigenvalue weighted by Gasteiger charge is -2.16. The van der Waals surface area contributed by atoms with Crippen LogP contribution in [0.1, 0.15) is 26.3 Å². The second-order valence-corrected chi connectivity index (χ2v) is 4.75. The summed E-state index contributed by atoms with van der Waals surface area (Å²) >= 11 is 0. The Hall–Kier alpha value is -1.84. The van der Waals surface area contributed by atoms with Gasteiger partial charge in [0.25, 0.3) is 0 Å². The lowest BCUT2D eigenvalue weighted by atomic mass is 9.97. The monoisotopic (exact) mass is 249 g/mol. The third kappa shape index (κ3) is 3.87. The molecule has 1 rings (SSSR count). The molecule has 98 valence electrons. The molecule has 1 aromatic carbocycles.